The molecule has 1 unspecified atom stereocenters. The molecule has 0 aliphatic carbocycles. The summed E-state index contributed by atoms with van der Waals surface area (Å²) in [6, 6.07) is 3.82. The maximum atomic E-state index is 14.0. The van der Waals surface area contributed by atoms with Gasteiger partial charge in [-0.1, -0.05) is 19.9 Å². The predicted octanol–water partition coefficient (Wildman–Crippen LogP) is 2.99. The number of carbonyl (C=O) groups excluding carboxylic acids is 1. The number of alkyl halides is 3. The molecule has 0 heterocycles. The Morgan fingerprint density at radius 1 is 1.29 bits per heavy atom. The Kier molecular flexibility index (Phi) is 4.67. The van der Waals surface area contributed by atoms with Crippen LogP contribution in [0.2, 0.25) is 0 Å². The highest BCUT2D eigenvalue weighted by molar-refractivity contribution is 5.64. The molecule has 0 amide bonds. The number of ether oxygens (including phenoxy) is 1. The second-order valence-corrected chi connectivity index (χ2v) is 5.42. The molecular formula is C14H16F4O3. The highest BCUT2D eigenvalue weighted by atomic mass is 19.4. The number of hydrogen-bond acceptors (Lipinski definition) is 3. The van der Waals surface area contributed by atoms with E-state index in [-0.39, 0.29) is 11.3 Å². The minimum absolute atomic E-state index is 0.0513. The van der Waals surface area contributed by atoms with Gasteiger partial charge in [0.25, 0.3) is 0 Å². The molecule has 0 aliphatic rings. The molecule has 1 atom stereocenters. The fourth-order valence-corrected chi connectivity index (χ4v) is 2.30. The van der Waals surface area contributed by atoms with E-state index in [1.54, 1.807) is 0 Å². The summed E-state index contributed by atoms with van der Waals surface area (Å²) in [5.74, 6) is -0.717. The smallest absolute Gasteiger partial charge is 0.424 e. The SMILES string of the molecule is COc1cccc(F)c1C(C)(C)CC(O)(C=O)C(F)(F)F. The summed E-state index contributed by atoms with van der Waals surface area (Å²) in [5.41, 5.74) is -5.16. The average molecular weight is 308 g/mol. The number of hydrogen-bond donors (Lipinski definition) is 1. The third-order valence-corrected chi connectivity index (χ3v) is 3.27. The van der Waals surface area contributed by atoms with E-state index in [0.29, 0.717) is 0 Å². The van der Waals surface area contributed by atoms with Crippen LogP contribution < -0.4 is 4.74 Å². The van der Waals surface area contributed by atoms with Crippen molar-refractivity contribution in [3.05, 3.63) is 29.6 Å². The van der Waals surface area contributed by atoms with Crippen molar-refractivity contribution in [1.29, 1.82) is 0 Å². The number of rotatable bonds is 5. The molecular weight excluding hydrogens is 292 g/mol. The van der Waals surface area contributed by atoms with Crippen LogP contribution >= 0.6 is 0 Å². The Labute approximate surface area is 119 Å². The number of aldehydes is 1. The first-order valence-corrected chi connectivity index (χ1v) is 6.07. The highest BCUT2D eigenvalue weighted by Gasteiger charge is 2.56. The first-order valence-electron chi connectivity index (χ1n) is 6.07. The van der Waals surface area contributed by atoms with Gasteiger partial charge in [0.15, 0.2) is 6.29 Å². The molecule has 0 aromatic heterocycles. The lowest BCUT2D eigenvalue weighted by atomic mass is 9.74. The van der Waals surface area contributed by atoms with Crippen molar-refractivity contribution in [3.63, 3.8) is 0 Å². The second kappa shape index (κ2) is 5.63. The van der Waals surface area contributed by atoms with Crippen LogP contribution in [-0.4, -0.2) is 30.3 Å². The molecule has 118 valence electrons. The van der Waals surface area contributed by atoms with E-state index in [2.05, 4.69) is 0 Å². The number of halogens is 4. The Morgan fingerprint density at radius 3 is 2.29 bits per heavy atom. The van der Waals surface area contributed by atoms with E-state index >= 15 is 0 Å². The van der Waals surface area contributed by atoms with Crippen LogP contribution in [0.4, 0.5) is 17.6 Å². The molecule has 0 bridgehead atoms. The number of aliphatic hydroxyl groups is 1. The Hall–Kier alpha value is -1.63. The van der Waals surface area contributed by atoms with Crippen LogP contribution in [0.3, 0.4) is 0 Å². The Balaban J connectivity index is 3.33. The third kappa shape index (κ3) is 3.34. The summed E-state index contributed by atoms with van der Waals surface area (Å²) in [7, 11) is 1.25. The first kappa shape index (κ1) is 17.4. The van der Waals surface area contributed by atoms with E-state index in [0.717, 1.165) is 6.07 Å². The third-order valence-electron chi connectivity index (χ3n) is 3.27. The van der Waals surface area contributed by atoms with Crippen molar-refractivity contribution < 1.29 is 32.2 Å². The van der Waals surface area contributed by atoms with Gasteiger partial charge < -0.3 is 9.84 Å². The number of benzene rings is 1. The van der Waals surface area contributed by atoms with E-state index in [1.165, 1.54) is 33.1 Å². The first-order chi connectivity index (χ1) is 9.48. The van der Waals surface area contributed by atoms with Gasteiger partial charge in [-0.25, -0.2) is 4.39 Å². The van der Waals surface area contributed by atoms with Gasteiger partial charge in [-0.15, -0.1) is 0 Å². The molecule has 21 heavy (non-hydrogen) atoms. The molecule has 1 aromatic rings. The highest BCUT2D eigenvalue weighted by Crippen LogP contribution is 2.43. The van der Waals surface area contributed by atoms with Gasteiger partial charge in [-0.2, -0.15) is 13.2 Å². The molecule has 1 N–H and O–H groups in total. The largest absolute Gasteiger partial charge is 0.496 e. The Morgan fingerprint density at radius 2 is 1.86 bits per heavy atom. The zero-order valence-electron chi connectivity index (χ0n) is 11.8. The zero-order chi connectivity index (χ0) is 16.5. The molecule has 0 saturated heterocycles. The minimum atomic E-state index is -5.15. The van der Waals surface area contributed by atoms with Gasteiger partial charge in [0, 0.05) is 12.0 Å². The van der Waals surface area contributed by atoms with Crippen molar-refractivity contribution >= 4 is 6.29 Å². The summed E-state index contributed by atoms with van der Waals surface area (Å²) in [5, 5.41) is 9.55. The quantitative estimate of drug-likeness (QED) is 0.672. The predicted molar refractivity (Wildman–Crippen MR) is 67.7 cm³/mol. The molecule has 7 heteroatoms. The van der Waals surface area contributed by atoms with Gasteiger partial charge in [0.05, 0.1) is 7.11 Å². The molecule has 3 nitrogen and oxygen atoms in total. The van der Waals surface area contributed by atoms with E-state index < -0.39 is 35.7 Å². The molecule has 0 spiro atoms. The van der Waals surface area contributed by atoms with Gasteiger partial charge in [0.1, 0.15) is 11.6 Å². The van der Waals surface area contributed by atoms with Crippen molar-refractivity contribution in [2.24, 2.45) is 0 Å². The average Bonchev–Trinajstić information content (AvgIpc) is 2.35. The van der Waals surface area contributed by atoms with Gasteiger partial charge in [-0.3, -0.25) is 4.79 Å². The normalized spacial score (nSPS) is 15.4. The lowest BCUT2D eigenvalue weighted by molar-refractivity contribution is -0.250. The van der Waals surface area contributed by atoms with Gasteiger partial charge >= 0.3 is 6.18 Å². The standard InChI is InChI=1S/C14H16F4O3/c1-12(2,7-13(20,8-19)14(16,17)18)11-9(15)5-4-6-10(11)21-3/h4-6,8,20H,7H2,1-3H3. The van der Waals surface area contributed by atoms with Crippen LogP contribution in [0.25, 0.3) is 0 Å². The van der Waals surface area contributed by atoms with Crippen molar-refractivity contribution in [3.8, 4) is 5.75 Å². The van der Waals surface area contributed by atoms with Crippen LogP contribution in [0, 0.1) is 5.82 Å². The fourth-order valence-electron chi connectivity index (χ4n) is 2.30. The lowest BCUT2D eigenvalue weighted by Crippen LogP contribution is -2.50. The van der Waals surface area contributed by atoms with Crippen LogP contribution in [0.5, 0.6) is 5.75 Å². The fraction of sp³-hybridized carbons (Fsp3) is 0.500. The van der Waals surface area contributed by atoms with Gasteiger partial charge in [-0.05, 0) is 17.5 Å². The van der Waals surface area contributed by atoms with E-state index in [9.17, 15) is 27.5 Å². The topological polar surface area (TPSA) is 46.5 Å². The van der Waals surface area contributed by atoms with Crippen LogP contribution in [-0.2, 0) is 10.2 Å². The zero-order valence-corrected chi connectivity index (χ0v) is 11.8. The van der Waals surface area contributed by atoms with Gasteiger partial charge in [0.2, 0.25) is 5.60 Å². The van der Waals surface area contributed by atoms with Crippen molar-refractivity contribution in [2.45, 2.75) is 37.5 Å². The van der Waals surface area contributed by atoms with Crippen molar-refractivity contribution in [1.82, 2.24) is 0 Å². The molecule has 0 aliphatic heterocycles. The monoisotopic (exact) mass is 308 g/mol. The number of carbonyl (C=O) groups is 1. The van der Waals surface area contributed by atoms with Crippen LogP contribution in [0.1, 0.15) is 25.8 Å². The second-order valence-electron chi connectivity index (χ2n) is 5.42. The van der Waals surface area contributed by atoms with E-state index in [4.69, 9.17) is 4.74 Å². The Bertz CT molecular complexity index is 525. The minimum Gasteiger partial charge on any atom is -0.496 e. The summed E-state index contributed by atoms with van der Waals surface area (Å²) < 4.78 is 57.4. The lowest BCUT2D eigenvalue weighted by Gasteiger charge is -2.35. The molecule has 0 radical (unpaired) electrons. The maximum Gasteiger partial charge on any atom is 0.424 e. The maximum absolute atomic E-state index is 14.0. The molecule has 0 saturated carbocycles. The summed E-state index contributed by atoms with van der Waals surface area (Å²) in [6.45, 7) is 2.60. The van der Waals surface area contributed by atoms with E-state index in [1.807, 2.05) is 0 Å². The van der Waals surface area contributed by atoms with Crippen molar-refractivity contribution in [2.75, 3.05) is 7.11 Å². The molecule has 1 aromatic carbocycles. The van der Waals surface area contributed by atoms with Crippen LogP contribution in [0.15, 0.2) is 18.2 Å². The molecule has 0 fully saturated rings. The molecule has 1 rings (SSSR count). The summed E-state index contributed by atoms with van der Waals surface area (Å²) in [6.07, 6.45) is -6.74. The number of methoxy groups -OCH3 is 1. The summed E-state index contributed by atoms with van der Waals surface area (Å²) in [4.78, 5) is 10.7. The summed E-state index contributed by atoms with van der Waals surface area (Å²) >= 11 is 0.